The van der Waals surface area contributed by atoms with E-state index in [2.05, 4.69) is 41.8 Å². The summed E-state index contributed by atoms with van der Waals surface area (Å²) in [4.78, 5) is 4.77. The quantitative estimate of drug-likeness (QED) is 0.723. The Morgan fingerprint density at radius 2 is 1.61 bits per heavy atom. The van der Waals surface area contributed by atoms with Crippen LogP contribution in [0.5, 0.6) is 5.75 Å². The molecular weight excluding hydrogens is 372 g/mol. The van der Waals surface area contributed by atoms with Crippen molar-refractivity contribution < 1.29 is 9.84 Å². The van der Waals surface area contributed by atoms with Gasteiger partial charge in [0.25, 0.3) is 0 Å². The van der Waals surface area contributed by atoms with E-state index in [1.54, 1.807) is 0 Å². The van der Waals surface area contributed by atoms with Crippen LogP contribution < -0.4 is 4.74 Å². The van der Waals surface area contributed by atoms with E-state index in [4.69, 9.17) is 16.3 Å². The topological polar surface area (TPSA) is 35.9 Å². The number of hydrogen-bond acceptors (Lipinski definition) is 4. The van der Waals surface area contributed by atoms with Gasteiger partial charge in [0, 0.05) is 44.3 Å². The highest BCUT2D eigenvalue weighted by molar-refractivity contribution is 6.30. The van der Waals surface area contributed by atoms with E-state index >= 15 is 0 Å². The van der Waals surface area contributed by atoms with Crippen molar-refractivity contribution in [2.24, 2.45) is 0 Å². The van der Waals surface area contributed by atoms with Crippen molar-refractivity contribution in [2.45, 2.75) is 32.4 Å². The maximum absolute atomic E-state index is 10.4. The number of para-hydroxylation sites is 1. The normalized spacial score (nSPS) is 17.0. The standard InChI is InChI=1S/C23H31ClN2O2/c1-18(2)22-5-3-4-6-23(22)28-17-21(27)16-26-13-11-25(12-14-26)15-19-7-9-20(24)10-8-19/h3-10,18,21,27H,11-17H2,1-2H3. The Balaban J connectivity index is 1.40. The molecule has 0 aliphatic carbocycles. The number of nitrogens with zero attached hydrogens (tertiary/aromatic N) is 2. The highest BCUT2D eigenvalue weighted by Gasteiger charge is 2.20. The summed E-state index contributed by atoms with van der Waals surface area (Å²) >= 11 is 5.96. The van der Waals surface area contributed by atoms with Gasteiger partial charge in [0.1, 0.15) is 18.5 Å². The second-order valence-corrected chi connectivity index (χ2v) is 8.30. The van der Waals surface area contributed by atoms with Crippen LogP contribution in [0.15, 0.2) is 48.5 Å². The van der Waals surface area contributed by atoms with Crippen LogP contribution in [-0.2, 0) is 6.54 Å². The van der Waals surface area contributed by atoms with Crippen LogP contribution in [0.1, 0.15) is 30.9 Å². The lowest BCUT2D eigenvalue weighted by Gasteiger charge is -2.35. The molecule has 1 heterocycles. The molecule has 4 nitrogen and oxygen atoms in total. The highest BCUT2D eigenvalue weighted by Crippen LogP contribution is 2.26. The van der Waals surface area contributed by atoms with Gasteiger partial charge in [-0.15, -0.1) is 0 Å². The first-order valence-corrected chi connectivity index (χ1v) is 10.5. The number of aliphatic hydroxyl groups excluding tert-OH is 1. The van der Waals surface area contributed by atoms with E-state index in [-0.39, 0.29) is 0 Å². The number of ether oxygens (including phenoxy) is 1. The Morgan fingerprint density at radius 1 is 0.964 bits per heavy atom. The van der Waals surface area contributed by atoms with Crippen molar-refractivity contribution in [3.05, 3.63) is 64.7 Å². The van der Waals surface area contributed by atoms with Gasteiger partial charge in [0.2, 0.25) is 0 Å². The summed E-state index contributed by atoms with van der Waals surface area (Å²) in [6.45, 7) is 10.2. The molecule has 0 aromatic heterocycles. The number of aliphatic hydroxyl groups is 1. The third kappa shape index (κ3) is 6.21. The highest BCUT2D eigenvalue weighted by atomic mass is 35.5. The molecule has 0 radical (unpaired) electrons. The monoisotopic (exact) mass is 402 g/mol. The number of benzene rings is 2. The molecular formula is C23H31ClN2O2. The Labute approximate surface area is 173 Å². The Kier molecular flexibility index (Phi) is 7.74. The molecule has 28 heavy (non-hydrogen) atoms. The summed E-state index contributed by atoms with van der Waals surface area (Å²) < 4.78 is 5.91. The van der Waals surface area contributed by atoms with Crippen molar-refractivity contribution in [1.82, 2.24) is 9.80 Å². The average molecular weight is 403 g/mol. The first kappa shape index (κ1) is 21.1. The molecule has 1 saturated heterocycles. The van der Waals surface area contributed by atoms with E-state index in [0.717, 1.165) is 43.5 Å². The molecule has 2 aromatic carbocycles. The zero-order valence-corrected chi connectivity index (χ0v) is 17.6. The van der Waals surface area contributed by atoms with E-state index in [1.807, 2.05) is 30.3 Å². The fraction of sp³-hybridized carbons (Fsp3) is 0.478. The van der Waals surface area contributed by atoms with Gasteiger partial charge in [-0.25, -0.2) is 0 Å². The van der Waals surface area contributed by atoms with Crippen molar-refractivity contribution >= 4 is 11.6 Å². The van der Waals surface area contributed by atoms with Crippen LogP contribution in [0.3, 0.4) is 0 Å². The van der Waals surface area contributed by atoms with Crippen molar-refractivity contribution in [1.29, 1.82) is 0 Å². The predicted molar refractivity (Wildman–Crippen MR) is 115 cm³/mol. The summed E-state index contributed by atoms with van der Waals surface area (Å²) in [5, 5.41) is 11.2. The molecule has 0 bridgehead atoms. The van der Waals surface area contributed by atoms with Gasteiger partial charge >= 0.3 is 0 Å². The average Bonchev–Trinajstić information content (AvgIpc) is 2.70. The summed E-state index contributed by atoms with van der Waals surface area (Å²) in [6, 6.07) is 16.1. The molecule has 2 aromatic rings. The first-order valence-electron chi connectivity index (χ1n) is 10.1. The second kappa shape index (κ2) is 10.3. The molecule has 5 heteroatoms. The first-order chi connectivity index (χ1) is 13.5. The molecule has 0 saturated carbocycles. The van der Waals surface area contributed by atoms with Crippen LogP contribution in [0.25, 0.3) is 0 Å². The van der Waals surface area contributed by atoms with Crippen molar-refractivity contribution in [3.8, 4) is 5.75 Å². The van der Waals surface area contributed by atoms with Gasteiger partial charge in [-0.3, -0.25) is 9.80 Å². The summed E-state index contributed by atoms with van der Waals surface area (Å²) in [5.41, 5.74) is 2.47. The van der Waals surface area contributed by atoms with E-state index < -0.39 is 6.10 Å². The zero-order chi connectivity index (χ0) is 19.9. The number of halogens is 1. The second-order valence-electron chi connectivity index (χ2n) is 7.86. The van der Waals surface area contributed by atoms with E-state index in [9.17, 15) is 5.11 Å². The van der Waals surface area contributed by atoms with Crippen molar-refractivity contribution in [2.75, 3.05) is 39.3 Å². The lowest BCUT2D eigenvalue weighted by molar-refractivity contribution is 0.0443. The van der Waals surface area contributed by atoms with Gasteiger partial charge in [0.05, 0.1) is 0 Å². The van der Waals surface area contributed by atoms with E-state index in [0.29, 0.717) is 19.1 Å². The number of β-amino-alcohol motifs (C(OH)–C–C–N with tert-alkyl or cyclic N) is 1. The number of rotatable bonds is 8. The van der Waals surface area contributed by atoms with Crippen LogP contribution in [-0.4, -0.2) is 60.3 Å². The fourth-order valence-electron chi connectivity index (χ4n) is 3.60. The maximum atomic E-state index is 10.4. The number of hydrogen-bond donors (Lipinski definition) is 1. The maximum Gasteiger partial charge on any atom is 0.122 e. The van der Waals surface area contributed by atoms with Crippen LogP contribution >= 0.6 is 11.6 Å². The molecule has 1 aliphatic heterocycles. The summed E-state index contributed by atoms with van der Waals surface area (Å²) in [6.07, 6.45) is -0.483. The molecule has 1 atom stereocenters. The predicted octanol–water partition coefficient (Wildman–Crippen LogP) is 4.02. The van der Waals surface area contributed by atoms with Crippen LogP contribution in [0.2, 0.25) is 5.02 Å². The molecule has 3 rings (SSSR count). The smallest absolute Gasteiger partial charge is 0.122 e. The molecule has 1 unspecified atom stereocenters. The minimum Gasteiger partial charge on any atom is -0.491 e. The molecule has 0 amide bonds. The van der Waals surface area contributed by atoms with Crippen LogP contribution in [0, 0.1) is 0 Å². The van der Waals surface area contributed by atoms with Crippen molar-refractivity contribution in [3.63, 3.8) is 0 Å². The molecule has 0 spiro atoms. The molecule has 152 valence electrons. The Morgan fingerprint density at radius 3 is 2.29 bits per heavy atom. The minimum absolute atomic E-state index is 0.328. The molecule has 1 fully saturated rings. The lowest BCUT2D eigenvalue weighted by atomic mass is 10.0. The Hall–Kier alpha value is -1.59. The van der Waals surface area contributed by atoms with E-state index in [1.165, 1.54) is 11.1 Å². The largest absolute Gasteiger partial charge is 0.491 e. The summed E-state index contributed by atoms with van der Waals surface area (Å²) in [5.74, 6) is 1.28. The minimum atomic E-state index is -0.483. The number of piperazine rings is 1. The summed E-state index contributed by atoms with van der Waals surface area (Å²) in [7, 11) is 0. The van der Waals surface area contributed by atoms with Gasteiger partial charge in [-0.05, 0) is 35.2 Å². The SMILES string of the molecule is CC(C)c1ccccc1OCC(O)CN1CCN(Cc2ccc(Cl)cc2)CC1. The molecule has 1 aliphatic rings. The van der Waals surface area contributed by atoms with Gasteiger partial charge in [-0.2, -0.15) is 0 Å². The Bertz CT molecular complexity index is 728. The zero-order valence-electron chi connectivity index (χ0n) is 16.9. The van der Waals surface area contributed by atoms with Gasteiger partial charge in [-0.1, -0.05) is 55.8 Å². The molecule has 1 N–H and O–H groups in total. The fourth-order valence-corrected chi connectivity index (χ4v) is 3.73. The third-order valence-corrected chi connectivity index (χ3v) is 5.48. The van der Waals surface area contributed by atoms with Crippen LogP contribution in [0.4, 0.5) is 0 Å². The van der Waals surface area contributed by atoms with Gasteiger partial charge in [0.15, 0.2) is 0 Å². The lowest BCUT2D eigenvalue weighted by Crippen LogP contribution is -2.48. The third-order valence-electron chi connectivity index (χ3n) is 5.23. The van der Waals surface area contributed by atoms with Gasteiger partial charge < -0.3 is 9.84 Å².